The Hall–Kier alpha value is -2.02. The molecule has 2 fully saturated rings. The third-order valence-corrected chi connectivity index (χ3v) is 5.02. The molecular weight excluding hydrogens is 461 g/mol. The fourth-order valence-corrected chi connectivity index (χ4v) is 3.39. The number of amides is 1. The lowest BCUT2D eigenvalue weighted by Crippen LogP contribution is -2.67. The first-order valence-corrected chi connectivity index (χ1v) is 9.02. The number of piperidine rings is 1. The minimum absolute atomic E-state index is 0. The van der Waals surface area contributed by atoms with Crippen LogP contribution in [0.4, 0.5) is 36.6 Å². The highest BCUT2D eigenvalue weighted by Gasteiger charge is 2.75. The quantitative estimate of drug-likeness (QED) is 0.635. The molecule has 2 aliphatic rings. The summed E-state index contributed by atoms with van der Waals surface area (Å²) in [5.41, 5.74) is 0.0194. The van der Waals surface area contributed by atoms with Gasteiger partial charge >= 0.3 is 17.8 Å². The van der Waals surface area contributed by atoms with Gasteiger partial charge < -0.3 is 20.3 Å². The predicted octanol–water partition coefficient (Wildman–Crippen LogP) is 2.75. The van der Waals surface area contributed by atoms with E-state index in [4.69, 9.17) is 4.74 Å². The average Bonchev–Trinajstić information content (AvgIpc) is 3.19. The van der Waals surface area contributed by atoms with Gasteiger partial charge in [0.15, 0.2) is 11.6 Å². The van der Waals surface area contributed by atoms with E-state index in [1.54, 1.807) is 0 Å². The van der Waals surface area contributed by atoms with Gasteiger partial charge in [-0.15, -0.1) is 12.4 Å². The van der Waals surface area contributed by atoms with Gasteiger partial charge in [-0.1, -0.05) is 0 Å². The molecule has 0 saturated carbocycles. The molecule has 14 heteroatoms. The zero-order chi connectivity index (χ0) is 22.3. The molecule has 176 valence electrons. The fraction of sp³-hybridized carbons (Fsp3) is 0.647. The van der Waals surface area contributed by atoms with E-state index in [0.717, 1.165) is 19.6 Å². The number of hydrogen-bond donors (Lipinski definition) is 2. The number of carbonyl (C=O) groups excluding carboxylic acids is 1. The second kappa shape index (κ2) is 8.85. The zero-order valence-electron chi connectivity index (χ0n) is 16.2. The highest BCUT2D eigenvalue weighted by molar-refractivity contribution is 5.85. The van der Waals surface area contributed by atoms with E-state index in [9.17, 15) is 35.5 Å². The lowest BCUT2D eigenvalue weighted by molar-refractivity contribution is -0.314. The van der Waals surface area contributed by atoms with Crippen molar-refractivity contribution in [2.24, 2.45) is 0 Å². The molecule has 3 rings (SSSR count). The van der Waals surface area contributed by atoms with E-state index in [1.165, 1.54) is 0 Å². The van der Waals surface area contributed by atoms with Crippen molar-refractivity contribution < 1.29 is 40.3 Å². The van der Waals surface area contributed by atoms with Crippen LogP contribution in [0.5, 0.6) is 5.88 Å². The molecule has 3 heterocycles. The Balaban J connectivity index is 0.00000341. The number of nitrogens with zero attached hydrogens (tertiary/aromatic N) is 2. The molecule has 1 atom stereocenters. The lowest BCUT2D eigenvalue weighted by atomic mass is 9.98. The third kappa shape index (κ3) is 4.61. The van der Waals surface area contributed by atoms with E-state index in [-0.39, 0.29) is 41.2 Å². The van der Waals surface area contributed by atoms with Crippen LogP contribution >= 0.6 is 12.4 Å². The maximum absolute atomic E-state index is 14.5. The molecule has 2 N–H and O–H groups in total. The number of pyridine rings is 1. The van der Waals surface area contributed by atoms with Crippen molar-refractivity contribution in [2.75, 3.05) is 31.6 Å². The number of rotatable bonds is 5. The molecule has 0 aliphatic carbocycles. The van der Waals surface area contributed by atoms with Crippen molar-refractivity contribution in [3.63, 3.8) is 0 Å². The van der Waals surface area contributed by atoms with E-state index >= 15 is 0 Å². The SMILES string of the molecule is COc1nc(N2CC(F)(F)C(F)(F)C(F)(F)C2)c(F)cc1CNC(=O)C1CCCN1.Cl. The Morgan fingerprint density at radius 2 is 1.87 bits per heavy atom. The van der Waals surface area contributed by atoms with Crippen molar-refractivity contribution >= 4 is 24.1 Å². The van der Waals surface area contributed by atoms with Crippen LogP contribution in [0.2, 0.25) is 0 Å². The van der Waals surface area contributed by atoms with Gasteiger partial charge in [0.1, 0.15) is 0 Å². The smallest absolute Gasteiger partial charge is 0.375 e. The number of hydrogen-bond acceptors (Lipinski definition) is 5. The number of halogens is 8. The Bertz CT molecular complexity index is 802. The third-order valence-electron chi connectivity index (χ3n) is 5.02. The summed E-state index contributed by atoms with van der Waals surface area (Å²) >= 11 is 0. The predicted molar refractivity (Wildman–Crippen MR) is 97.9 cm³/mol. The van der Waals surface area contributed by atoms with Crippen molar-refractivity contribution in [1.29, 1.82) is 0 Å². The van der Waals surface area contributed by atoms with E-state index in [0.29, 0.717) is 13.0 Å². The van der Waals surface area contributed by atoms with Crippen LogP contribution in [0.15, 0.2) is 6.07 Å². The molecule has 1 aromatic rings. The van der Waals surface area contributed by atoms with Crippen LogP contribution in [-0.4, -0.2) is 61.4 Å². The van der Waals surface area contributed by atoms with Crippen LogP contribution in [0.3, 0.4) is 0 Å². The normalized spacial score (nSPS) is 23.7. The molecule has 0 radical (unpaired) electrons. The van der Waals surface area contributed by atoms with E-state index in [2.05, 4.69) is 15.6 Å². The number of aromatic nitrogens is 1. The summed E-state index contributed by atoms with van der Waals surface area (Å²) in [6.45, 7) is -3.26. The van der Waals surface area contributed by atoms with Gasteiger partial charge in [0.2, 0.25) is 11.8 Å². The van der Waals surface area contributed by atoms with Crippen LogP contribution < -0.4 is 20.3 Å². The van der Waals surface area contributed by atoms with Gasteiger partial charge in [0.25, 0.3) is 0 Å². The molecule has 0 aromatic carbocycles. The van der Waals surface area contributed by atoms with Crippen molar-refractivity contribution in [3.8, 4) is 5.88 Å². The molecule has 0 bridgehead atoms. The number of carbonyl (C=O) groups is 1. The van der Waals surface area contributed by atoms with Crippen LogP contribution in [0.25, 0.3) is 0 Å². The molecule has 1 aromatic heterocycles. The maximum Gasteiger partial charge on any atom is 0.375 e. The lowest BCUT2D eigenvalue weighted by Gasteiger charge is -2.43. The first-order chi connectivity index (χ1) is 13.9. The number of nitrogens with one attached hydrogen (secondary N) is 2. The average molecular weight is 481 g/mol. The Morgan fingerprint density at radius 1 is 1.26 bits per heavy atom. The Labute approximate surface area is 178 Å². The number of anilines is 1. The van der Waals surface area contributed by atoms with Crippen LogP contribution in [0, 0.1) is 5.82 Å². The minimum atomic E-state index is -5.59. The van der Waals surface area contributed by atoms with Crippen LogP contribution in [-0.2, 0) is 11.3 Å². The summed E-state index contributed by atoms with van der Waals surface area (Å²) in [7, 11) is 1.11. The van der Waals surface area contributed by atoms with Gasteiger partial charge in [-0.3, -0.25) is 4.79 Å². The van der Waals surface area contributed by atoms with Crippen molar-refractivity contribution in [1.82, 2.24) is 15.6 Å². The van der Waals surface area contributed by atoms with Crippen LogP contribution in [0.1, 0.15) is 18.4 Å². The highest BCUT2D eigenvalue weighted by Crippen LogP contribution is 2.50. The summed E-state index contributed by atoms with van der Waals surface area (Å²) in [5, 5.41) is 5.50. The second-order valence-electron chi connectivity index (χ2n) is 7.17. The molecule has 2 aliphatic heterocycles. The van der Waals surface area contributed by atoms with E-state index in [1.807, 2.05) is 0 Å². The zero-order valence-corrected chi connectivity index (χ0v) is 17.0. The standard InChI is InChI=1S/C17H19F7N4O2.ClH/c1-30-14-9(6-26-13(29)11-3-2-4-25-11)5-10(18)12(27-14)28-7-15(19,20)17(23,24)16(21,22)8-28;/h5,11,25H,2-4,6-8H2,1H3,(H,26,29);1H. The monoisotopic (exact) mass is 480 g/mol. The maximum atomic E-state index is 14.5. The summed E-state index contributed by atoms with van der Waals surface area (Å²) in [6, 6.07) is 0.361. The van der Waals surface area contributed by atoms with Gasteiger partial charge in [-0.25, -0.2) is 4.39 Å². The number of alkyl halides is 6. The molecular formula is C17H20ClF7N4O2. The summed E-state index contributed by atoms with van der Waals surface area (Å²) in [4.78, 5) is 15.7. The molecule has 0 spiro atoms. The second-order valence-corrected chi connectivity index (χ2v) is 7.17. The molecule has 6 nitrogen and oxygen atoms in total. The first-order valence-electron chi connectivity index (χ1n) is 9.02. The molecule has 31 heavy (non-hydrogen) atoms. The van der Waals surface area contributed by atoms with E-state index < -0.39 is 48.5 Å². The first kappa shape index (κ1) is 25.2. The van der Waals surface area contributed by atoms with Gasteiger partial charge in [-0.05, 0) is 25.5 Å². The summed E-state index contributed by atoms with van der Waals surface area (Å²) in [6.07, 6.45) is 1.44. The summed E-state index contributed by atoms with van der Waals surface area (Å²) in [5.74, 6) is -18.8. The largest absolute Gasteiger partial charge is 0.481 e. The van der Waals surface area contributed by atoms with Gasteiger partial charge in [0, 0.05) is 12.1 Å². The molecule has 2 saturated heterocycles. The van der Waals surface area contributed by atoms with Gasteiger partial charge in [0.05, 0.1) is 26.2 Å². The topological polar surface area (TPSA) is 66.5 Å². The minimum Gasteiger partial charge on any atom is -0.481 e. The number of ether oxygens (including phenoxy) is 1. The van der Waals surface area contributed by atoms with Crippen molar-refractivity contribution in [3.05, 3.63) is 17.4 Å². The highest BCUT2D eigenvalue weighted by atomic mass is 35.5. The molecule has 1 amide bonds. The molecule has 1 unspecified atom stereocenters. The fourth-order valence-electron chi connectivity index (χ4n) is 3.39. The summed E-state index contributed by atoms with van der Waals surface area (Å²) < 4.78 is 101. The van der Waals surface area contributed by atoms with Gasteiger partial charge in [-0.2, -0.15) is 31.3 Å². The van der Waals surface area contributed by atoms with Crippen molar-refractivity contribution in [2.45, 2.75) is 43.2 Å². The Morgan fingerprint density at radius 3 is 2.39 bits per heavy atom. The Kier molecular flexibility index (Phi) is 7.20. The number of methoxy groups -OCH3 is 1.